The van der Waals surface area contributed by atoms with Gasteiger partial charge in [0.15, 0.2) is 6.23 Å². The maximum atomic E-state index is 11.0. The molecular formula is C8H7NO2. The number of hydrogen-bond donors (Lipinski definition) is 2. The topological polar surface area (TPSA) is 49.3 Å². The molecule has 2 N–H and O–H groups in total. The van der Waals surface area contributed by atoms with Gasteiger partial charge in [0.25, 0.3) is 5.91 Å². The van der Waals surface area contributed by atoms with Gasteiger partial charge in [0, 0.05) is 11.1 Å². The molecule has 0 bridgehead atoms. The molecule has 1 aliphatic rings. The highest BCUT2D eigenvalue weighted by molar-refractivity contribution is 5.98. The molecule has 3 nitrogen and oxygen atoms in total. The molecule has 1 unspecified atom stereocenters. The van der Waals surface area contributed by atoms with E-state index in [-0.39, 0.29) is 5.91 Å². The van der Waals surface area contributed by atoms with E-state index >= 15 is 0 Å². The monoisotopic (exact) mass is 149 g/mol. The van der Waals surface area contributed by atoms with Crippen molar-refractivity contribution < 1.29 is 9.90 Å². The van der Waals surface area contributed by atoms with E-state index in [1.807, 2.05) is 0 Å². The lowest BCUT2D eigenvalue weighted by molar-refractivity contribution is 0.0850. The molecule has 1 aliphatic heterocycles. The summed E-state index contributed by atoms with van der Waals surface area (Å²) >= 11 is 0. The number of fused-ring (bicyclic) bond motifs is 1. The average molecular weight is 149 g/mol. The van der Waals surface area contributed by atoms with Crippen LogP contribution in [-0.4, -0.2) is 11.0 Å². The molecule has 0 saturated heterocycles. The molecule has 1 atom stereocenters. The second-order valence-corrected chi connectivity index (χ2v) is 2.46. The molecule has 1 aromatic carbocycles. The van der Waals surface area contributed by atoms with Crippen molar-refractivity contribution >= 4 is 5.91 Å². The SMILES string of the molecule is O=C1NC(O)c2ccccc21. The fourth-order valence-corrected chi connectivity index (χ4v) is 1.22. The van der Waals surface area contributed by atoms with E-state index in [0.717, 1.165) is 0 Å². The lowest BCUT2D eigenvalue weighted by Gasteiger charge is -1.99. The fraction of sp³-hybridized carbons (Fsp3) is 0.125. The second kappa shape index (κ2) is 2.07. The molecule has 2 rings (SSSR count). The Morgan fingerprint density at radius 2 is 2.09 bits per heavy atom. The summed E-state index contributed by atoms with van der Waals surface area (Å²) in [5, 5.41) is 11.6. The molecule has 1 amide bonds. The number of carbonyl (C=O) groups excluding carboxylic acids is 1. The third-order valence-electron chi connectivity index (χ3n) is 1.77. The predicted molar refractivity (Wildman–Crippen MR) is 38.9 cm³/mol. The molecule has 0 fully saturated rings. The first-order valence-corrected chi connectivity index (χ1v) is 3.37. The number of benzene rings is 1. The summed E-state index contributed by atoms with van der Waals surface area (Å²) in [4.78, 5) is 11.0. The van der Waals surface area contributed by atoms with Gasteiger partial charge in [-0.2, -0.15) is 0 Å². The number of amides is 1. The van der Waals surface area contributed by atoms with Gasteiger partial charge in [-0.1, -0.05) is 18.2 Å². The highest BCUT2D eigenvalue weighted by Gasteiger charge is 2.25. The Kier molecular flexibility index (Phi) is 1.20. The van der Waals surface area contributed by atoms with Crippen molar-refractivity contribution in [3.63, 3.8) is 0 Å². The zero-order valence-corrected chi connectivity index (χ0v) is 5.74. The van der Waals surface area contributed by atoms with Gasteiger partial charge in [0.1, 0.15) is 0 Å². The van der Waals surface area contributed by atoms with Gasteiger partial charge >= 0.3 is 0 Å². The van der Waals surface area contributed by atoms with Crippen LogP contribution in [0.1, 0.15) is 22.1 Å². The lowest BCUT2D eigenvalue weighted by Crippen LogP contribution is -2.17. The Hall–Kier alpha value is -1.35. The summed E-state index contributed by atoms with van der Waals surface area (Å²) in [5.41, 5.74) is 1.23. The van der Waals surface area contributed by atoms with Crippen LogP contribution in [0.25, 0.3) is 0 Å². The van der Waals surface area contributed by atoms with E-state index in [4.69, 9.17) is 0 Å². The van der Waals surface area contributed by atoms with E-state index in [0.29, 0.717) is 11.1 Å². The van der Waals surface area contributed by atoms with Crippen LogP contribution in [0.3, 0.4) is 0 Å². The number of hydrogen-bond acceptors (Lipinski definition) is 2. The van der Waals surface area contributed by atoms with Crippen LogP contribution >= 0.6 is 0 Å². The highest BCUT2D eigenvalue weighted by Crippen LogP contribution is 2.21. The molecule has 11 heavy (non-hydrogen) atoms. The summed E-state index contributed by atoms with van der Waals surface area (Å²) in [6, 6.07) is 7.00. The first kappa shape index (κ1) is 6.37. The van der Waals surface area contributed by atoms with E-state index in [1.165, 1.54) is 0 Å². The molecule has 0 saturated carbocycles. The summed E-state index contributed by atoms with van der Waals surface area (Å²) in [7, 11) is 0. The summed E-state index contributed by atoms with van der Waals surface area (Å²) in [5.74, 6) is -0.201. The summed E-state index contributed by atoms with van der Waals surface area (Å²) < 4.78 is 0. The van der Waals surface area contributed by atoms with Crippen molar-refractivity contribution in [1.82, 2.24) is 5.32 Å². The molecule has 0 spiro atoms. The van der Waals surface area contributed by atoms with Crippen molar-refractivity contribution in [3.05, 3.63) is 35.4 Å². The van der Waals surface area contributed by atoms with E-state index in [1.54, 1.807) is 24.3 Å². The number of rotatable bonds is 0. The Morgan fingerprint density at radius 3 is 2.82 bits per heavy atom. The quantitative estimate of drug-likeness (QED) is 0.561. The van der Waals surface area contributed by atoms with Crippen molar-refractivity contribution in [2.45, 2.75) is 6.23 Å². The molecular weight excluding hydrogens is 142 g/mol. The van der Waals surface area contributed by atoms with Crippen LogP contribution in [0.15, 0.2) is 24.3 Å². The van der Waals surface area contributed by atoms with Crippen LogP contribution in [0.5, 0.6) is 0 Å². The van der Waals surface area contributed by atoms with Crippen molar-refractivity contribution in [2.75, 3.05) is 0 Å². The van der Waals surface area contributed by atoms with Crippen LogP contribution < -0.4 is 5.32 Å². The van der Waals surface area contributed by atoms with Crippen LogP contribution in [-0.2, 0) is 0 Å². The average Bonchev–Trinajstić information content (AvgIpc) is 2.30. The van der Waals surface area contributed by atoms with Gasteiger partial charge in [-0.05, 0) is 6.07 Å². The largest absolute Gasteiger partial charge is 0.369 e. The van der Waals surface area contributed by atoms with Gasteiger partial charge in [-0.15, -0.1) is 0 Å². The molecule has 3 heteroatoms. The van der Waals surface area contributed by atoms with Gasteiger partial charge in [-0.25, -0.2) is 0 Å². The number of carbonyl (C=O) groups is 1. The second-order valence-electron chi connectivity index (χ2n) is 2.46. The summed E-state index contributed by atoms with van der Waals surface area (Å²) in [6.45, 7) is 0. The Bertz CT molecular complexity index is 309. The number of aliphatic hydroxyl groups excluding tert-OH is 1. The van der Waals surface area contributed by atoms with Crippen LogP contribution in [0.4, 0.5) is 0 Å². The van der Waals surface area contributed by atoms with E-state index < -0.39 is 6.23 Å². The standard InChI is InChI=1S/C8H7NO2/c10-7-5-3-1-2-4-6(5)8(11)9-7/h1-4,7,10H,(H,9,11). The van der Waals surface area contributed by atoms with Crippen molar-refractivity contribution in [2.24, 2.45) is 0 Å². The van der Waals surface area contributed by atoms with Gasteiger partial charge in [0.2, 0.25) is 0 Å². The molecule has 0 aromatic heterocycles. The molecule has 1 aromatic rings. The zero-order chi connectivity index (χ0) is 7.84. The molecule has 0 radical (unpaired) electrons. The van der Waals surface area contributed by atoms with Crippen molar-refractivity contribution in [3.8, 4) is 0 Å². The normalized spacial score (nSPS) is 21.2. The minimum Gasteiger partial charge on any atom is -0.369 e. The summed E-state index contributed by atoms with van der Waals surface area (Å²) in [6.07, 6.45) is -0.821. The minimum absolute atomic E-state index is 0.201. The fourth-order valence-electron chi connectivity index (χ4n) is 1.22. The zero-order valence-electron chi connectivity index (χ0n) is 5.74. The lowest BCUT2D eigenvalue weighted by atomic mass is 10.1. The molecule has 0 aliphatic carbocycles. The third-order valence-corrected chi connectivity index (χ3v) is 1.77. The van der Waals surface area contributed by atoms with Crippen LogP contribution in [0.2, 0.25) is 0 Å². The van der Waals surface area contributed by atoms with Crippen molar-refractivity contribution in [1.29, 1.82) is 0 Å². The third kappa shape index (κ3) is 0.816. The van der Waals surface area contributed by atoms with Crippen LogP contribution in [0, 0.1) is 0 Å². The minimum atomic E-state index is -0.821. The first-order valence-electron chi connectivity index (χ1n) is 3.37. The van der Waals surface area contributed by atoms with E-state index in [9.17, 15) is 9.90 Å². The Balaban J connectivity index is 2.60. The maximum absolute atomic E-state index is 11.0. The predicted octanol–water partition coefficient (Wildman–Crippen LogP) is 0.421. The first-order chi connectivity index (χ1) is 5.29. The number of nitrogens with one attached hydrogen (secondary N) is 1. The Morgan fingerprint density at radius 1 is 1.36 bits per heavy atom. The molecule has 56 valence electrons. The Labute approximate surface area is 63.7 Å². The van der Waals surface area contributed by atoms with E-state index in [2.05, 4.69) is 5.32 Å². The highest BCUT2D eigenvalue weighted by atomic mass is 16.3. The van der Waals surface area contributed by atoms with Gasteiger partial charge in [0.05, 0.1) is 0 Å². The van der Waals surface area contributed by atoms with Gasteiger partial charge < -0.3 is 10.4 Å². The molecule has 1 heterocycles. The maximum Gasteiger partial charge on any atom is 0.253 e. The smallest absolute Gasteiger partial charge is 0.253 e. The number of aliphatic hydroxyl groups is 1. The van der Waals surface area contributed by atoms with Gasteiger partial charge in [-0.3, -0.25) is 4.79 Å².